The number of aromatic nitrogens is 2. The quantitative estimate of drug-likeness (QED) is 0.454. The summed E-state index contributed by atoms with van der Waals surface area (Å²) in [5, 5.41) is 0. The van der Waals surface area contributed by atoms with Crippen LogP contribution in [0.2, 0.25) is 0 Å². The number of nitrogens with zero attached hydrogens (tertiary/aromatic N) is 2. The minimum absolute atomic E-state index is 0.291. The number of halogens is 2. The predicted molar refractivity (Wildman–Crippen MR) is 91.0 cm³/mol. The van der Waals surface area contributed by atoms with E-state index < -0.39 is 0 Å². The van der Waals surface area contributed by atoms with Gasteiger partial charge in [0, 0.05) is 18.8 Å². The molecule has 1 aromatic heterocycles. The molecule has 0 radical (unpaired) electrons. The molecule has 0 spiro atoms. The lowest BCUT2D eigenvalue weighted by Crippen LogP contribution is -2.02. The van der Waals surface area contributed by atoms with Crippen LogP contribution in [0, 0.1) is 17.7 Å². The molecule has 0 aliphatic rings. The van der Waals surface area contributed by atoms with Gasteiger partial charge in [-0.1, -0.05) is 18.1 Å². The van der Waals surface area contributed by atoms with Gasteiger partial charge in [0.05, 0.1) is 40.6 Å². The molecule has 2 aromatic rings. The molecule has 1 N–H and O–H groups in total. The van der Waals surface area contributed by atoms with Crippen molar-refractivity contribution in [2.75, 3.05) is 10.2 Å². The molecule has 0 saturated heterocycles. The van der Waals surface area contributed by atoms with Crippen LogP contribution in [0.5, 0.6) is 0 Å². The van der Waals surface area contributed by atoms with Gasteiger partial charge >= 0.3 is 0 Å². The van der Waals surface area contributed by atoms with E-state index in [9.17, 15) is 4.39 Å². The zero-order chi connectivity index (χ0) is 15.1. The van der Waals surface area contributed by atoms with Crippen molar-refractivity contribution in [3.05, 3.63) is 72.1 Å². The van der Waals surface area contributed by atoms with Crippen LogP contribution in [-0.4, -0.2) is 17.0 Å². The highest BCUT2D eigenvalue weighted by molar-refractivity contribution is 14.1. The van der Waals surface area contributed by atoms with E-state index in [0.29, 0.717) is 16.9 Å². The van der Waals surface area contributed by atoms with Crippen LogP contribution in [-0.2, 0) is 0 Å². The first kappa shape index (κ1) is 15.3. The van der Waals surface area contributed by atoms with E-state index in [1.54, 1.807) is 34.8 Å². The number of rotatable bonds is 1. The van der Waals surface area contributed by atoms with Crippen molar-refractivity contribution in [3.8, 4) is 11.8 Å². The highest BCUT2D eigenvalue weighted by Crippen LogP contribution is 2.21. The SMILES string of the molecule is CN(I)c1ccc(C#Cc2cccccnc[nH]2)cc1F. The van der Waals surface area contributed by atoms with Gasteiger partial charge in [-0.2, -0.15) is 0 Å². The first-order valence-corrected chi connectivity index (χ1v) is 7.16. The third-order valence-corrected chi connectivity index (χ3v) is 3.09. The zero-order valence-corrected chi connectivity index (χ0v) is 13.5. The van der Waals surface area contributed by atoms with Gasteiger partial charge in [0.2, 0.25) is 0 Å². The smallest absolute Gasteiger partial charge is 0.148 e. The lowest BCUT2D eigenvalue weighted by atomic mass is 10.2. The summed E-state index contributed by atoms with van der Waals surface area (Å²) in [7, 11) is 1.79. The fourth-order valence-electron chi connectivity index (χ4n) is 1.57. The molecule has 0 amide bonds. The van der Waals surface area contributed by atoms with Crippen molar-refractivity contribution in [2.45, 2.75) is 0 Å². The Morgan fingerprint density at radius 3 is 2.81 bits per heavy atom. The van der Waals surface area contributed by atoms with Crippen LogP contribution in [0.15, 0.2) is 55.0 Å². The molecule has 106 valence electrons. The molecule has 0 aliphatic heterocycles. The fourth-order valence-corrected chi connectivity index (χ4v) is 1.96. The zero-order valence-electron chi connectivity index (χ0n) is 11.3. The number of H-pyrrole nitrogens is 1. The summed E-state index contributed by atoms with van der Waals surface area (Å²) in [6, 6.07) is 12.3. The average Bonchev–Trinajstić information content (AvgIpc) is 2.58. The van der Waals surface area contributed by atoms with Crippen molar-refractivity contribution in [2.24, 2.45) is 0 Å². The summed E-state index contributed by atoms with van der Waals surface area (Å²) in [5.41, 5.74) is 1.84. The highest BCUT2D eigenvalue weighted by atomic mass is 127. The number of hydrogen-bond donors (Lipinski definition) is 1. The van der Waals surface area contributed by atoms with Gasteiger partial charge in [0.15, 0.2) is 0 Å². The van der Waals surface area contributed by atoms with E-state index in [1.807, 2.05) is 47.1 Å². The Kier molecular flexibility index (Phi) is 5.58. The molecule has 0 unspecified atom stereocenters. The molecule has 5 heteroatoms. The first-order chi connectivity index (χ1) is 10.2. The molecule has 0 fully saturated rings. The standard InChI is InChI=1S/C16H13FIN3/c1-21(18)16-9-7-13(11-15(16)17)6-8-14-5-3-2-4-10-19-12-20-14/h2-5,7,9-12H,1H3,(H,19,20). The lowest BCUT2D eigenvalue weighted by Gasteiger charge is -2.10. The normalized spacial score (nSPS) is 9.29. The number of hydrogen-bond acceptors (Lipinski definition) is 2. The maximum absolute atomic E-state index is 13.9. The van der Waals surface area contributed by atoms with Gasteiger partial charge in [-0.25, -0.2) is 9.37 Å². The second kappa shape index (κ2) is 7.64. The van der Waals surface area contributed by atoms with Crippen LogP contribution >= 0.6 is 22.9 Å². The maximum Gasteiger partial charge on any atom is 0.148 e. The van der Waals surface area contributed by atoms with Crippen LogP contribution in [0.4, 0.5) is 10.1 Å². The molecule has 0 aliphatic carbocycles. The lowest BCUT2D eigenvalue weighted by molar-refractivity contribution is 0.629. The number of aromatic amines is 1. The summed E-state index contributed by atoms with van der Waals surface area (Å²) < 4.78 is 15.5. The van der Waals surface area contributed by atoms with Crippen LogP contribution in [0.3, 0.4) is 0 Å². The Morgan fingerprint density at radius 2 is 2.05 bits per heavy atom. The largest absolute Gasteiger partial charge is 0.339 e. The summed E-state index contributed by atoms with van der Waals surface area (Å²) in [5.74, 6) is 5.60. The third-order valence-electron chi connectivity index (χ3n) is 2.57. The van der Waals surface area contributed by atoms with E-state index in [-0.39, 0.29) is 5.82 Å². The van der Waals surface area contributed by atoms with Crippen molar-refractivity contribution in [1.29, 1.82) is 0 Å². The number of nitrogens with one attached hydrogen (secondary N) is 1. The molecule has 0 atom stereocenters. The highest BCUT2D eigenvalue weighted by Gasteiger charge is 2.04. The van der Waals surface area contributed by atoms with Crippen molar-refractivity contribution >= 4 is 28.6 Å². The minimum atomic E-state index is -0.291. The molecule has 1 aromatic carbocycles. The number of benzene rings is 1. The van der Waals surface area contributed by atoms with Crippen LogP contribution in [0.25, 0.3) is 0 Å². The van der Waals surface area contributed by atoms with E-state index in [4.69, 9.17) is 0 Å². The van der Waals surface area contributed by atoms with Gasteiger partial charge in [-0.3, -0.25) is 0 Å². The molecule has 21 heavy (non-hydrogen) atoms. The third kappa shape index (κ3) is 4.76. The Hall–Kier alpha value is -2.07. The van der Waals surface area contributed by atoms with Gasteiger partial charge in [0.1, 0.15) is 5.82 Å². The maximum atomic E-state index is 13.9. The average molecular weight is 393 g/mol. The molecule has 2 rings (SSSR count). The van der Waals surface area contributed by atoms with E-state index in [1.165, 1.54) is 6.07 Å². The first-order valence-electron chi connectivity index (χ1n) is 6.19. The molecule has 3 nitrogen and oxygen atoms in total. The van der Waals surface area contributed by atoms with E-state index >= 15 is 0 Å². The van der Waals surface area contributed by atoms with Crippen LogP contribution in [0.1, 0.15) is 11.3 Å². The molecule has 1 heterocycles. The molecular weight excluding hydrogens is 380 g/mol. The molecule has 0 saturated carbocycles. The Labute approximate surface area is 137 Å². The van der Waals surface area contributed by atoms with Crippen molar-refractivity contribution in [3.63, 3.8) is 0 Å². The van der Waals surface area contributed by atoms with Gasteiger partial charge < -0.3 is 8.10 Å². The summed E-state index contributed by atoms with van der Waals surface area (Å²) in [4.78, 5) is 6.96. The Balaban J connectivity index is 2.32. The van der Waals surface area contributed by atoms with E-state index in [0.717, 1.165) is 0 Å². The van der Waals surface area contributed by atoms with Gasteiger partial charge in [-0.05, 0) is 36.3 Å². The second-order valence-electron chi connectivity index (χ2n) is 4.12. The van der Waals surface area contributed by atoms with Gasteiger partial charge in [0.25, 0.3) is 0 Å². The summed E-state index contributed by atoms with van der Waals surface area (Å²) >= 11 is 2.02. The fraction of sp³-hybridized carbons (Fsp3) is 0.0625. The minimum Gasteiger partial charge on any atom is -0.339 e. The van der Waals surface area contributed by atoms with Crippen molar-refractivity contribution < 1.29 is 4.39 Å². The topological polar surface area (TPSA) is 31.9 Å². The summed E-state index contributed by atoms with van der Waals surface area (Å²) in [6.45, 7) is 0. The Morgan fingerprint density at radius 1 is 1.19 bits per heavy atom. The Bertz CT molecular complexity index is 703. The van der Waals surface area contributed by atoms with E-state index in [2.05, 4.69) is 21.8 Å². The molecular formula is C16H13FIN3. The number of anilines is 1. The van der Waals surface area contributed by atoms with Gasteiger partial charge in [-0.15, -0.1) is 0 Å². The monoisotopic (exact) mass is 393 g/mol. The molecule has 0 bridgehead atoms. The summed E-state index contributed by atoms with van der Waals surface area (Å²) in [6.07, 6.45) is 3.22. The second-order valence-corrected chi connectivity index (χ2v) is 5.57. The van der Waals surface area contributed by atoms with Crippen molar-refractivity contribution in [1.82, 2.24) is 9.97 Å². The van der Waals surface area contributed by atoms with Crippen LogP contribution < -0.4 is 3.11 Å². The predicted octanol–water partition coefficient (Wildman–Crippen LogP) is 3.86.